The first-order valence-corrected chi connectivity index (χ1v) is 10.0. The predicted molar refractivity (Wildman–Crippen MR) is 116 cm³/mol. The standard InChI is InChI=1S/C22H16F3N7O/c1-2-15(30-20-18-19(27-9-26-18)28-10-29-20)21-31-16-5-3-4-13(24)17(16)22(33)32(21)11-6-7-12(23)14(25)8-11/h3-10,15H,2H2,1H3,(H2,26,27,28,29,30)/t15-/m0/s1. The number of halogens is 3. The quantitative estimate of drug-likeness (QED) is 0.418. The van der Waals surface area contributed by atoms with Gasteiger partial charge in [0, 0.05) is 6.07 Å². The van der Waals surface area contributed by atoms with Gasteiger partial charge in [-0.1, -0.05) is 13.0 Å². The Bertz CT molecular complexity index is 1560. The minimum atomic E-state index is -1.14. The Balaban J connectivity index is 1.75. The van der Waals surface area contributed by atoms with Crippen molar-refractivity contribution < 1.29 is 13.2 Å². The predicted octanol–water partition coefficient (Wildman–Crippen LogP) is 4.03. The second-order valence-electron chi connectivity index (χ2n) is 7.27. The van der Waals surface area contributed by atoms with Gasteiger partial charge in [-0.05, 0) is 30.7 Å². The van der Waals surface area contributed by atoms with Gasteiger partial charge >= 0.3 is 0 Å². The number of aromatic amines is 1. The number of rotatable bonds is 5. The Morgan fingerprint density at radius 2 is 1.91 bits per heavy atom. The number of H-pyrrole nitrogens is 1. The fourth-order valence-electron chi connectivity index (χ4n) is 3.70. The molecule has 2 N–H and O–H groups in total. The molecule has 0 saturated carbocycles. The van der Waals surface area contributed by atoms with Crippen molar-refractivity contribution in [2.75, 3.05) is 5.32 Å². The van der Waals surface area contributed by atoms with Gasteiger partial charge in [-0.3, -0.25) is 9.36 Å². The van der Waals surface area contributed by atoms with E-state index >= 15 is 0 Å². The first-order valence-electron chi connectivity index (χ1n) is 10.0. The van der Waals surface area contributed by atoms with E-state index in [2.05, 4.69) is 30.2 Å². The third-order valence-corrected chi connectivity index (χ3v) is 5.29. The lowest BCUT2D eigenvalue weighted by atomic mass is 10.1. The summed E-state index contributed by atoms with van der Waals surface area (Å²) < 4.78 is 43.3. The first kappa shape index (κ1) is 20.6. The first-order chi connectivity index (χ1) is 16.0. The van der Waals surface area contributed by atoms with Crippen LogP contribution in [-0.4, -0.2) is 29.5 Å². The van der Waals surface area contributed by atoms with Crippen LogP contribution in [0.25, 0.3) is 27.8 Å². The zero-order valence-electron chi connectivity index (χ0n) is 17.2. The molecule has 166 valence electrons. The van der Waals surface area contributed by atoms with E-state index in [9.17, 15) is 18.0 Å². The van der Waals surface area contributed by atoms with Crippen molar-refractivity contribution in [2.45, 2.75) is 19.4 Å². The maximum absolute atomic E-state index is 14.6. The molecule has 0 aliphatic rings. The van der Waals surface area contributed by atoms with Gasteiger partial charge < -0.3 is 10.3 Å². The Labute approximate surface area is 184 Å². The van der Waals surface area contributed by atoms with Crippen LogP contribution in [0.1, 0.15) is 25.2 Å². The van der Waals surface area contributed by atoms with Crippen molar-refractivity contribution in [1.29, 1.82) is 0 Å². The Kier molecular flexibility index (Phi) is 5.00. The third-order valence-electron chi connectivity index (χ3n) is 5.29. The summed E-state index contributed by atoms with van der Waals surface area (Å²) in [6.45, 7) is 1.85. The lowest BCUT2D eigenvalue weighted by Crippen LogP contribution is -2.29. The summed E-state index contributed by atoms with van der Waals surface area (Å²) in [5.74, 6) is -2.38. The Morgan fingerprint density at radius 1 is 1.06 bits per heavy atom. The van der Waals surface area contributed by atoms with Gasteiger partial charge in [0.15, 0.2) is 23.1 Å². The van der Waals surface area contributed by atoms with E-state index in [0.717, 1.165) is 22.8 Å². The van der Waals surface area contributed by atoms with Crippen molar-refractivity contribution >= 4 is 27.9 Å². The summed E-state index contributed by atoms with van der Waals surface area (Å²) in [7, 11) is 0. The van der Waals surface area contributed by atoms with Gasteiger partial charge in [-0.2, -0.15) is 0 Å². The SMILES string of the molecule is CC[C@H](Nc1ncnc2nc[nH]c12)c1nc2cccc(F)c2c(=O)n1-c1ccc(F)c(F)c1. The number of fused-ring (bicyclic) bond motifs is 2. The van der Waals surface area contributed by atoms with Crippen LogP contribution in [0, 0.1) is 17.5 Å². The number of aromatic nitrogens is 6. The van der Waals surface area contributed by atoms with Gasteiger partial charge in [0.25, 0.3) is 5.56 Å². The van der Waals surface area contributed by atoms with E-state index in [4.69, 9.17) is 0 Å². The van der Waals surface area contributed by atoms with Crippen LogP contribution >= 0.6 is 0 Å². The molecule has 0 unspecified atom stereocenters. The normalized spacial score (nSPS) is 12.4. The fourth-order valence-corrected chi connectivity index (χ4v) is 3.70. The number of nitrogens with zero attached hydrogens (tertiary/aromatic N) is 5. The lowest BCUT2D eigenvalue weighted by molar-refractivity contribution is 0.507. The number of hydrogen-bond acceptors (Lipinski definition) is 6. The Morgan fingerprint density at radius 3 is 2.70 bits per heavy atom. The van der Waals surface area contributed by atoms with Crippen LogP contribution in [0.3, 0.4) is 0 Å². The van der Waals surface area contributed by atoms with Crippen LogP contribution in [0.5, 0.6) is 0 Å². The number of hydrogen-bond donors (Lipinski definition) is 2. The molecular formula is C22H16F3N7O. The smallest absolute Gasteiger partial charge is 0.269 e. The second kappa shape index (κ2) is 8.01. The van der Waals surface area contributed by atoms with Crippen molar-refractivity contribution in [3.05, 3.63) is 82.7 Å². The average molecular weight is 451 g/mol. The van der Waals surface area contributed by atoms with E-state index in [0.29, 0.717) is 23.4 Å². The summed E-state index contributed by atoms with van der Waals surface area (Å²) in [6, 6.07) is 6.51. The Hall–Kier alpha value is -4.28. The zero-order chi connectivity index (χ0) is 23.1. The molecule has 0 radical (unpaired) electrons. The summed E-state index contributed by atoms with van der Waals surface area (Å²) in [5, 5.41) is 2.96. The van der Waals surface area contributed by atoms with Gasteiger partial charge in [-0.15, -0.1) is 0 Å². The van der Waals surface area contributed by atoms with Crippen molar-refractivity contribution in [2.24, 2.45) is 0 Å². The molecule has 5 rings (SSSR count). The molecule has 8 nitrogen and oxygen atoms in total. The lowest BCUT2D eigenvalue weighted by Gasteiger charge is -2.22. The van der Waals surface area contributed by atoms with Crippen molar-refractivity contribution in [3.8, 4) is 5.69 Å². The molecule has 0 spiro atoms. The summed E-state index contributed by atoms with van der Waals surface area (Å²) in [4.78, 5) is 33.3. The highest BCUT2D eigenvalue weighted by Crippen LogP contribution is 2.27. The van der Waals surface area contributed by atoms with Crippen LogP contribution < -0.4 is 10.9 Å². The van der Waals surface area contributed by atoms with Crippen LogP contribution in [-0.2, 0) is 0 Å². The molecule has 0 fully saturated rings. The van der Waals surface area contributed by atoms with E-state index in [-0.39, 0.29) is 22.4 Å². The third kappa shape index (κ3) is 3.47. The highest BCUT2D eigenvalue weighted by atomic mass is 19.2. The summed E-state index contributed by atoms with van der Waals surface area (Å²) >= 11 is 0. The monoisotopic (exact) mass is 451 g/mol. The van der Waals surface area contributed by atoms with Gasteiger partial charge in [-0.25, -0.2) is 33.1 Å². The topological polar surface area (TPSA) is 101 Å². The number of imidazole rings is 1. The van der Waals surface area contributed by atoms with Crippen molar-refractivity contribution in [3.63, 3.8) is 0 Å². The zero-order valence-corrected chi connectivity index (χ0v) is 17.2. The molecule has 0 bridgehead atoms. The minimum absolute atomic E-state index is 0.0150. The number of benzene rings is 2. The molecule has 0 saturated heterocycles. The van der Waals surface area contributed by atoms with Gasteiger partial charge in [0.05, 0.1) is 23.6 Å². The molecule has 33 heavy (non-hydrogen) atoms. The molecule has 2 aromatic carbocycles. The van der Waals surface area contributed by atoms with Gasteiger partial charge in [0.1, 0.15) is 28.9 Å². The maximum atomic E-state index is 14.6. The molecule has 0 amide bonds. The highest BCUT2D eigenvalue weighted by Gasteiger charge is 2.23. The van der Waals surface area contributed by atoms with E-state index in [1.807, 2.05) is 6.92 Å². The molecule has 0 aliphatic carbocycles. The van der Waals surface area contributed by atoms with Crippen LogP contribution in [0.4, 0.5) is 19.0 Å². The van der Waals surface area contributed by atoms with Crippen molar-refractivity contribution in [1.82, 2.24) is 29.5 Å². The molecule has 5 aromatic rings. The summed E-state index contributed by atoms with van der Waals surface area (Å²) in [5.41, 5.74) is 0.400. The molecule has 3 heterocycles. The molecule has 11 heteroatoms. The molecule has 1 atom stereocenters. The molecular weight excluding hydrogens is 435 g/mol. The van der Waals surface area contributed by atoms with Crippen LogP contribution in [0.15, 0.2) is 53.8 Å². The average Bonchev–Trinajstić information content (AvgIpc) is 3.29. The van der Waals surface area contributed by atoms with Gasteiger partial charge in [0.2, 0.25) is 0 Å². The second-order valence-corrected chi connectivity index (χ2v) is 7.27. The summed E-state index contributed by atoms with van der Waals surface area (Å²) in [6.07, 6.45) is 3.24. The van der Waals surface area contributed by atoms with Crippen LogP contribution in [0.2, 0.25) is 0 Å². The fraction of sp³-hybridized carbons (Fsp3) is 0.136. The maximum Gasteiger partial charge on any atom is 0.269 e. The molecule has 3 aromatic heterocycles. The number of nitrogens with one attached hydrogen (secondary N) is 2. The van der Waals surface area contributed by atoms with E-state index < -0.39 is 29.1 Å². The van der Waals surface area contributed by atoms with E-state index in [1.165, 1.54) is 30.9 Å². The molecule has 0 aliphatic heterocycles. The highest BCUT2D eigenvalue weighted by molar-refractivity contribution is 5.82. The van der Waals surface area contributed by atoms with E-state index in [1.54, 1.807) is 0 Å². The minimum Gasteiger partial charge on any atom is -0.358 e. The number of anilines is 1. The largest absolute Gasteiger partial charge is 0.358 e.